The van der Waals surface area contributed by atoms with Crippen LogP contribution in [0.3, 0.4) is 0 Å². The molecule has 3 heteroatoms. The number of nitrogens with one attached hydrogen (secondary N) is 1. The van der Waals surface area contributed by atoms with Crippen molar-refractivity contribution in [2.24, 2.45) is 11.7 Å². The first-order chi connectivity index (χ1) is 8.22. The Morgan fingerprint density at radius 2 is 1.82 bits per heavy atom. The molecule has 0 radical (unpaired) electrons. The molecule has 3 nitrogen and oxygen atoms in total. The number of carbonyl (C=O) groups is 1. The average molecular weight is 234 g/mol. The van der Waals surface area contributed by atoms with Crippen molar-refractivity contribution in [1.29, 1.82) is 0 Å². The quantitative estimate of drug-likeness (QED) is 0.792. The van der Waals surface area contributed by atoms with Gasteiger partial charge in [-0.25, -0.2) is 0 Å². The highest BCUT2D eigenvalue weighted by Crippen LogP contribution is 2.10. The highest BCUT2D eigenvalue weighted by Gasteiger charge is 2.13. The number of benzene rings is 1. The van der Waals surface area contributed by atoms with Gasteiger partial charge in [0.15, 0.2) is 0 Å². The molecule has 0 saturated carbocycles. The van der Waals surface area contributed by atoms with Crippen molar-refractivity contribution in [3.8, 4) is 0 Å². The summed E-state index contributed by atoms with van der Waals surface area (Å²) in [6.07, 6.45) is 1.78. The van der Waals surface area contributed by atoms with E-state index in [2.05, 4.69) is 5.32 Å². The first kappa shape index (κ1) is 13.7. The van der Waals surface area contributed by atoms with Gasteiger partial charge in [-0.15, -0.1) is 0 Å². The molecule has 0 unspecified atom stereocenters. The number of nitrogens with two attached hydrogens (primary N) is 1. The van der Waals surface area contributed by atoms with E-state index in [0.717, 1.165) is 24.0 Å². The van der Waals surface area contributed by atoms with E-state index in [-0.39, 0.29) is 11.8 Å². The Labute approximate surface area is 103 Å². The Hall–Kier alpha value is -1.35. The van der Waals surface area contributed by atoms with Crippen molar-refractivity contribution in [3.05, 3.63) is 35.4 Å². The van der Waals surface area contributed by atoms with Crippen molar-refractivity contribution in [2.45, 2.75) is 39.8 Å². The van der Waals surface area contributed by atoms with Gasteiger partial charge in [-0.3, -0.25) is 4.79 Å². The fourth-order valence-electron chi connectivity index (χ4n) is 1.92. The summed E-state index contributed by atoms with van der Waals surface area (Å²) >= 11 is 0. The SMILES string of the molecule is CCC(CC)C(=O)NCc1ccccc1CN. The first-order valence-electron chi connectivity index (χ1n) is 6.27. The molecule has 1 rings (SSSR count). The number of carbonyl (C=O) groups excluding carboxylic acids is 1. The summed E-state index contributed by atoms with van der Waals surface area (Å²) in [6, 6.07) is 7.94. The molecule has 0 aromatic heterocycles. The van der Waals surface area contributed by atoms with Crippen LogP contribution in [0.15, 0.2) is 24.3 Å². The van der Waals surface area contributed by atoms with Gasteiger partial charge in [-0.05, 0) is 24.0 Å². The zero-order valence-electron chi connectivity index (χ0n) is 10.7. The highest BCUT2D eigenvalue weighted by atomic mass is 16.1. The number of amides is 1. The summed E-state index contributed by atoms with van der Waals surface area (Å²) in [7, 11) is 0. The summed E-state index contributed by atoms with van der Waals surface area (Å²) < 4.78 is 0. The van der Waals surface area contributed by atoms with E-state index in [9.17, 15) is 4.79 Å². The van der Waals surface area contributed by atoms with Gasteiger partial charge >= 0.3 is 0 Å². The summed E-state index contributed by atoms with van der Waals surface area (Å²) in [5.41, 5.74) is 7.86. The first-order valence-corrected chi connectivity index (χ1v) is 6.27. The molecule has 94 valence electrons. The molecule has 0 heterocycles. The fraction of sp³-hybridized carbons (Fsp3) is 0.500. The van der Waals surface area contributed by atoms with Gasteiger partial charge in [0, 0.05) is 19.0 Å². The second-order valence-electron chi connectivity index (χ2n) is 4.20. The standard InChI is InChI=1S/C14H22N2O/c1-3-11(4-2)14(17)16-10-13-8-6-5-7-12(13)9-15/h5-8,11H,3-4,9-10,15H2,1-2H3,(H,16,17). The van der Waals surface area contributed by atoms with Crippen molar-refractivity contribution < 1.29 is 4.79 Å². The Kier molecular flexibility index (Phi) is 5.70. The molecular formula is C14H22N2O. The Balaban J connectivity index is 2.58. The van der Waals surface area contributed by atoms with Crippen molar-refractivity contribution in [1.82, 2.24) is 5.32 Å². The Bertz CT molecular complexity index is 359. The summed E-state index contributed by atoms with van der Waals surface area (Å²) in [5, 5.41) is 2.98. The molecule has 0 aliphatic heterocycles. The summed E-state index contributed by atoms with van der Waals surface area (Å²) in [4.78, 5) is 11.8. The average Bonchev–Trinajstić information content (AvgIpc) is 2.38. The molecule has 1 aromatic carbocycles. The van der Waals surface area contributed by atoms with E-state index < -0.39 is 0 Å². The largest absolute Gasteiger partial charge is 0.352 e. The maximum Gasteiger partial charge on any atom is 0.223 e. The molecule has 1 aromatic rings. The molecule has 0 fully saturated rings. The smallest absolute Gasteiger partial charge is 0.223 e. The van der Waals surface area contributed by atoms with Gasteiger partial charge in [0.05, 0.1) is 0 Å². The van der Waals surface area contributed by atoms with Gasteiger partial charge in [-0.2, -0.15) is 0 Å². The van der Waals surface area contributed by atoms with Crippen molar-refractivity contribution >= 4 is 5.91 Å². The van der Waals surface area contributed by atoms with Gasteiger partial charge in [0.2, 0.25) is 5.91 Å². The van der Waals surface area contributed by atoms with Gasteiger partial charge in [-0.1, -0.05) is 38.1 Å². The predicted octanol–water partition coefficient (Wildman–Crippen LogP) is 2.20. The number of hydrogen-bond donors (Lipinski definition) is 2. The van der Waals surface area contributed by atoms with Crippen LogP contribution in [0.1, 0.15) is 37.8 Å². The molecule has 0 atom stereocenters. The summed E-state index contributed by atoms with van der Waals surface area (Å²) in [5.74, 6) is 0.266. The zero-order valence-corrected chi connectivity index (χ0v) is 10.7. The van der Waals surface area contributed by atoms with Crippen LogP contribution in [0, 0.1) is 5.92 Å². The van der Waals surface area contributed by atoms with Crippen LogP contribution in [-0.2, 0) is 17.9 Å². The maximum absolute atomic E-state index is 11.8. The van der Waals surface area contributed by atoms with Gasteiger partial charge < -0.3 is 11.1 Å². The molecule has 3 N–H and O–H groups in total. The van der Waals surface area contributed by atoms with Crippen LogP contribution >= 0.6 is 0 Å². The lowest BCUT2D eigenvalue weighted by molar-refractivity contribution is -0.125. The second-order valence-corrected chi connectivity index (χ2v) is 4.20. The minimum atomic E-state index is 0.125. The third-order valence-corrected chi connectivity index (χ3v) is 3.15. The molecule has 0 aliphatic rings. The predicted molar refractivity (Wildman–Crippen MR) is 70.3 cm³/mol. The van der Waals surface area contributed by atoms with E-state index >= 15 is 0 Å². The van der Waals surface area contributed by atoms with Crippen molar-refractivity contribution in [2.75, 3.05) is 0 Å². The van der Waals surface area contributed by atoms with E-state index in [1.54, 1.807) is 0 Å². The van der Waals surface area contributed by atoms with Crippen LogP contribution < -0.4 is 11.1 Å². The van der Waals surface area contributed by atoms with E-state index in [1.165, 1.54) is 0 Å². The van der Waals surface area contributed by atoms with Crippen LogP contribution in [0.5, 0.6) is 0 Å². The molecule has 17 heavy (non-hydrogen) atoms. The van der Waals surface area contributed by atoms with Crippen LogP contribution in [-0.4, -0.2) is 5.91 Å². The lowest BCUT2D eigenvalue weighted by Gasteiger charge is -2.14. The molecule has 0 aliphatic carbocycles. The molecule has 1 amide bonds. The minimum absolute atomic E-state index is 0.125. The normalized spacial score (nSPS) is 10.6. The van der Waals surface area contributed by atoms with E-state index in [0.29, 0.717) is 13.1 Å². The number of hydrogen-bond acceptors (Lipinski definition) is 2. The lowest BCUT2D eigenvalue weighted by atomic mass is 10.0. The molecule has 0 spiro atoms. The minimum Gasteiger partial charge on any atom is -0.352 e. The van der Waals surface area contributed by atoms with Crippen LogP contribution in [0.25, 0.3) is 0 Å². The Morgan fingerprint density at radius 3 is 2.35 bits per heavy atom. The van der Waals surface area contributed by atoms with E-state index in [4.69, 9.17) is 5.73 Å². The lowest BCUT2D eigenvalue weighted by Crippen LogP contribution is -2.30. The van der Waals surface area contributed by atoms with Crippen molar-refractivity contribution in [3.63, 3.8) is 0 Å². The monoisotopic (exact) mass is 234 g/mol. The number of rotatable bonds is 6. The Morgan fingerprint density at radius 1 is 1.24 bits per heavy atom. The zero-order chi connectivity index (χ0) is 12.7. The van der Waals surface area contributed by atoms with Gasteiger partial charge in [0.1, 0.15) is 0 Å². The fourth-order valence-corrected chi connectivity index (χ4v) is 1.92. The third kappa shape index (κ3) is 3.86. The topological polar surface area (TPSA) is 55.1 Å². The molecular weight excluding hydrogens is 212 g/mol. The van der Waals surface area contributed by atoms with Crippen LogP contribution in [0.2, 0.25) is 0 Å². The highest BCUT2D eigenvalue weighted by molar-refractivity contribution is 5.78. The third-order valence-electron chi connectivity index (χ3n) is 3.15. The molecule has 0 bridgehead atoms. The maximum atomic E-state index is 11.8. The molecule has 0 saturated heterocycles. The van der Waals surface area contributed by atoms with Crippen LogP contribution in [0.4, 0.5) is 0 Å². The second kappa shape index (κ2) is 7.07. The van der Waals surface area contributed by atoms with Gasteiger partial charge in [0.25, 0.3) is 0 Å². The van der Waals surface area contributed by atoms with E-state index in [1.807, 2.05) is 38.1 Å². The summed E-state index contributed by atoms with van der Waals surface area (Å²) in [6.45, 7) is 5.17.